The number of nitrogens with zero attached hydrogens (tertiary/aromatic N) is 2. The number of hydrogen-bond donors (Lipinski definition) is 2. The van der Waals surface area contributed by atoms with Crippen molar-refractivity contribution < 1.29 is 0 Å². The van der Waals surface area contributed by atoms with Crippen molar-refractivity contribution >= 4 is 11.6 Å². The van der Waals surface area contributed by atoms with Crippen LogP contribution in [0.1, 0.15) is 51.9 Å². The average molecular weight is 262 g/mol. The second-order valence-electron chi connectivity index (χ2n) is 6.13. The Hall–Kier alpha value is -1.32. The van der Waals surface area contributed by atoms with Gasteiger partial charge in [0.1, 0.15) is 17.5 Å². The molecule has 0 spiro atoms. The van der Waals surface area contributed by atoms with Crippen LogP contribution in [0.25, 0.3) is 0 Å². The minimum absolute atomic E-state index is 0.404. The second kappa shape index (κ2) is 5.35. The van der Waals surface area contributed by atoms with Crippen LogP contribution in [0.15, 0.2) is 0 Å². The highest BCUT2D eigenvalue weighted by Crippen LogP contribution is 2.46. The van der Waals surface area contributed by atoms with Crippen LogP contribution in [0, 0.1) is 12.3 Å². The predicted molar refractivity (Wildman–Crippen MR) is 80.7 cm³/mol. The van der Waals surface area contributed by atoms with Crippen LogP contribution in [0.3, 0.4) is 0 Å². The number of hydrogen-bond acceptors (Lipinski definition) is 4. The van der Waals surface area contributed by atoms with Gasteiger partial charge in [0.25, 0.3) is 0 Å². The van der Waals surface area contributed by atoms with Gasteiger partial charge in [-0.2, -0.15) is 0 Å². The van der Waals surface area contributed by atoms with E-state index < -0.39 is 0 Å². The highest BCUT2D eigenvalue weighted by atomic mass is 15.1. The predicted octanol–water partition coefficient (Wildman–Crippen LogP) is 3.38. The summed E-state index contributed by atoms with van der Waals surface area (Å²) in [5.41, 5.74) is 1.54. The minimum Gasteiger partial charge on any atom is -0.370 e. The van der Waals surface area contributed by atoms with Crippen molar-refractivity contribution in [1.29, 1.82) is 0 Å². The lowest BCUT2D eigenvalue weighted by Crippen LogP contribution is -2.15. The maximum Gasteiger partial charge on any atom is 0.135 e. The van der Waals surface area contributed by atoms with Gasteiger partial charge in [0.15, 0.2) is 0 Å². The molecule has 1 fully saturated rings. The fourth-order valence-electron chi connectivity index (χ4n) is 2.16. The Labute approximate surface area is 116 Å². The molecule has 0 aliphatic heterocycles. The number of aryl methyl sites for hydroxylation is 1. The van der Waals surface area contributed by atoms with Crippen molar-refractivity contribution in [1.82, 2.24) is 9.97 Å². The largest absolute Gasteiger partial charge is 0.370 e. The molecular formula is C15H26N4. The van der Waals surface area contributed by atoms with Crippen LogP contribution in [0.2, 0.25) is 0 Å². The Morgan fingerprint density at radius 3 is 2.37 bits per heavy atom. The van der Waals surface area contributed by atoms with E-state index in [9.17, 15) is 0 Å². The van der Waals surface area contributed by atoms with Gasteiger partial charge < -0.3 is 10.6 Å². The van der Waals surface area contributed by atoms with Gasteiger partial charge in [0, 0.05) is 24.6 Å². The van der Waals surface area contributed by atoms with Crippen LogP contribution in [-0.4, -0.2) is 22.6 Å². The zero-order valence-electron chi connectivity index (χ0n) is 12.8. The maximum absolute atomic E-state index is 4.64. The normalized spacial score (nSPS) is 20.2. The molecule has 0 amide bonds. The first-order chi connectivity index (χ1) is 8.97. The molecular weight excluding hydrogens is 236 g/mol. The molecule has 4 heteroatoms. The Kier molecular flexibility index (Phi) is 3.97. The van der Waals surface area contributed by atoms with Gasteiger partial charge >= 0.3 is 0 Å². The van der Waals surface area contributed by atoms with E-state index >= 15 is 0 Å². The Morgan fingerprint density at radius 1 is 1.21 bits per heavy atom. The molecule has 0 radical (unpaired) electrons. The van der Waals surface area contributed by atoms with Crippen LogP contribution >= 0.6 is 0 Å². The molecule has 19 heavy (non-hydrogen) atoms. The first-order valence-electron chi connectivity index (χ1n) is 7.35. The monoisotopic (exact) mass is 262 g/mol. The van der Waals surface area contributed by atoms with Crippen molar-refractivity contribution in [2.45, 2.75) is 59.9 Å². The van der Waals surface area contributed by atoms with Crippen molar-refractivity contribution in [2.24, 2.45) is 5.41 Å². The molecule has 1 unspecified atom stereocenters. The molecule has 1 aliphatic rings. The standard InChI is InChI=1S/C15H26N4/c1-6-8-16-13-10(3)14(19-12(7-2)18-13)17-11-9-15(11,4)5/h11H,6-9H2,1-5H3,(H2,16,17,18,19). The molecule has 1 aromatic rings. The van der Waals surface area contributed by atoms with Gasteiger partial charge in [-0.3, -0.25) is 0 Å². The number of aromatic nitrogens is 2. The molecule has 2 rings (SSSR count). The molecule has 1 aromatic heterocycles. The van der Waals surface area contributed by atoms with E-state index in [2.05, 4.69) is 55.2 Å². The Balaban J connectivity index is 2.21. The molecule has 1 saturated carbocycles. The zero-order valence-corrected chi connectivity index (χ0v) is 12.8. The first-order valence-corrected chi connectivity index (χ1v) is 7.35. The molecule has 4 nitrogen and oxygen atoms in total. The number of anilines is 2. The molecule has 2 N–H and O–H groups in total. The van der Waals surface area contributed by atoms with E-state index in [-0.39, 0.29) is 0 Å². The number of nitrogens with one attached hydrogen (secondary N) is 2. The summed E-state index contributed by atoms with van der Waals surface area (Å²) in [5, 5.41) is 6.98. The summed E-state index contributed by atoms with van der Waals surface area (Å²) in [6.45, 7) is 11.9. The second-order valence-corrected chi connectivity index (χ2v) is 6.13. The molecule has 0 bridgehead atoms. The summed E-state index contributed by atoms with van der Waals surface area (Å²) in [7, 11) is 0. The van der Waals surface area contributed by atoms with E-state index in [0.29, 0.717) is 11.5 Å². The molecule has 0 aromatic carbocycles. The Bertz CT molecular complexity index is 454. The lowest BCUT2D eigenvalue weighted by molar-refractivity contribution is 0.629. The quantitative estimate of drug-likeness (QED) is 0.825. The third kappa shape index (κ3) is 3.17. The minimum atomic E-state index is 0.404. The van der Waals surface area contributed by atoms with Crippen molar-refractivity contribution in [3.8, 4) is 0 Å². The SMILES string of the molecule is CCCNc1nc(CC)nc(NC2CC2(C)C)c1C. The topological polar surface area (TPSA) is 49.8 Å². The van der Waals surface area contributed by atoms with Gasteiger partial charge in [-0.1, -0.05) is 27.7 Å². The zero-order chi connectivity index (χ0) is 14.0. The third-order valence-electron chi connectivity index (χ3n) is 3.88. The summed E-state index contributed by atoms with van der Waals surface area (Å²) in [4.78, 5) is 9.23. The Morgan fingerprint density at radius 2 is 1.84 bits per heavy atom. The third-order valence-corrected chi connectivity index (χ3v) is 3.88. The molecule has 106 valence electrons. The van der Waals surface area contributed by atoms with Gasteiger partial charge in [-0.25, -0.2) is 9.97 Å². The number of rotatable bonds is 6. The molecule has 1 aliphatic carbocycles. The highest BCUT2D eigenvalue weighted by molar-refractivity contribution is 5.58. The highest BCUT2D eigenvalue weighted by Gasteiger charge is 2.46. The van der Waals surface area contributed by atoms with E-state index in [1.54, 1.807) is 0 Å². The molecule has 1 heterocycles. The van der Waals surface area contributed by atoms with E-state index in [0.717, 1.165) is 42.4 Å². The summed E-state index contributed by atoms with van der Waals surface area (Å²) >= 11 is 0. The summed E-state index contributed by atoms with van der Waals surface area (Å²) in [6, 6.07) is 0.546. The molecule has 0 saturated heterocycles. The summed E-state index contributed by atoms with van der Waals surface area (Å²) in [5.74, 6) is 2.89. The van der Waals surface area contributed by atoms with Crippen LogP contribution < -0.4 is 10.6 Å². The van der Waals surface area contributed by atoms with Crippen molar-refractivity contribution in [3.63, 3.8) is 0 Å². The fraction of sp³-hybridized carbons (Fsp3) is 0.733. The smallest absolute Gasteiger partial charge is 0.135 e. The lowest BCUT2D eigenvalue weighted by Gasteiger charge is -2.15. The maximum atomic E-state index is 4.64. The van der Waals surface area contributed by atoms with E-state index in [1.165, 1.54) is 6.42 Å². The summed E-state index contributed by atoms with van der Waals surface area (Å²) in [6.07, 6.45) is 3.18. The van der Waals surface area contributed by atoms with Gasteiger partial charge in [-0.15, -0.1) is 0 Å². The van der Waals surface area contributed by atoms with Gasteiger partial charge in [0.05, 0.1) is 0 Å². The fourth-order valence-corrected chi connectivity index (χ4v) is 2.16. The molecule has 1 atom stereocenters. The first kappa shape index (κ1) is 14.1. The van der Waals surface area contributed by atoms with E-state index in [1.807, 2.05) is 0 Å². The van der Waals surface area contributed by atoms with Crippen LogP contribution in [-0.2, 0) is 6.42 Å². The van der Waals surface area contributed by atoms with Crippen LogP contribution in [0.5, 0.6) is 0 Å². The average Bonchev–Trinajstić information content (AvgIpc) is 2.97. The van der Waals surface area contributed by atoms with Crippen LogP contribution in [0.4, 0.5) is 11.6 Å². The lowest BCUT2D eigenvalue weighted by atomic mass is 10.2. The van der Waals surface area contributed by atoms with Crippen molar-refractivity contribution in [3.05, 3.63) is 11.4 Å². The van der Waals surface area contributed by atoms with Gasteiger partial charge in [-0.05, 0) is 25.2 Å². The summed E-state index contributed by atoms with van der Waals surface area (Å²) < 4.78 is 0. The van der Waals surface area contributed by atoms with Crippen molar-refractivity contribution in [2.75, 3.05) is 17.2 Å². The van der Waals surface area contributed by atoms with E-state index in [4.69, 9.17) is 0 Å². The van der Waals surface area contributed by atoms with Gasteiger partial charge in [0.2, 0.25) is 0 Å².